The molecule has 0 aromatic heterocycles. The Kier molecular flexibility index (Phi) is 2.77. The molecule has 82 valence electrons. The molecule has 2 rings (SSSR count). The van der Waals surface area contributed by atoms with Crippen molar-refractivity contribution in [3.63, 3.8) is 0 Å². The van der Waals surface area contributed by atoms with E-state index in [2.05, 4.69) is 22.9 Å². The summed E-state index contributed by atoms with van der Waals surface area (Å²) in [5.41, 5.74) is 1.52. The van der Waals surface area contributed by atoms with Gasteiger partial charge in [-0.3, -0.25) is 0 Å². The van der Waals surface area contributed by atoms with Crippen LogP contribution in [-0.2, 0) is 12.0 Å². The summed E-state index contributed by atoms with van der Waals surface area (Å²) < 4.78 is 6.37. The van der Waals surface area contributed by atoms with Crippen molar-refractivity contribution in [3.05, 3.63) is 27.7 Å². The highest BCUT2D eigenvalue weighted by Crippen LogP contribution is 2.47. The van der Waals surface area contributed by atoms with Crippen molar-refractivity contribution in [2.75, 3.05) is 7.11 Å². The van der Waals surface area contributed by atoms with Gasteiger partial charge in [-0.25, -0.2) is 0 Å². The predicted octanol–water partition coefficient (Wildman–Crippen LogP) is 3.00. The van der Waals surface area contributed by atoms with Crippen LogP contribution < -0.4 is 4.74 Å². The third-order valence-electron chi connectivity index (χ3n) is 2.99. The lowest BCUT2D eigenvalue weighted by atomic mass is 10.0. The smallest absolute Gasteiger partial charge is 0.123 e. The molecule has 1 fully saturated rings. The van der Waals surface area contributed by atoms with Crippen LogP contribution in [0.2, 0.25) is 0 Å². The summed E-state index contributed by atoms with van der Waals surface area (Å²) in [4.78, 5) is 0. The second-order valence-electron chi connectivity index (χ2n) is 4.02. The Morgan fingerprint density at radius 2 is 2.13 bits per heavy atom. The van der Waals surface area contributed by atoms with Crippen LogP contribution in [0.4, 0.5) is 0 Å². The summed E-state index contributed by atoms with van der Waals surface area (Å²) in [6, 6.07) is 3.96. The fourth-order valence-corrected chi connectivity index (χ4v) is 2.53. The average Bonchev–Trinajstić information content (AvgIpc) is 2.96. The van der Waals surface area contributed by atoms with Crippen LogP contribution in [0.5, 0.6) is 5.75 Å². The second-order valence-corrected chi connectivity index (χ2v) is 4.88. The predicted molar refractivity (Wildman–Crippen MR) is 63.2 cm³/mol. The quantitative estimate of drug-likeness (QED) is 0.915. The van der Waals surface area contributed by atoms with Gasteiger partial charge in [0.25, 0.3) is 0 Å². The van der Waals surface area contributed by atoms with Crippen molar-refractivity contribution in [2.45, 2.75) is 31.8 Å². The minimum absolute atomic E-state index is 0.595. The van der Waals surface area contributed by atoms with E-state index in [0.717, 1.165) is 40.6 Å². The van der Waals surface area contributed by atoms with Crippen LogP contribution in [0.15, 0.2) is 16.6 Å². The average molecular weight is 271 g/mol. The molecule has 0 spiro atoms. The van der Waals surface area contributed by atoms with Crippen LogP contribution in [0.25, 0.3) is 0 Å². The normalized spacial score (nSPS) is 17.6. The Hall–Kier alpha value is -0.540. The second kappa shape index (κ2) is 3.80. The van der Waals surface area contributed by atoms with Crippen molar-refractivity contribution in [1.82, 2.24) is 0 Å². The highest BCUT2D eigenvalue weighted by Gasteiger charge is 2.42. The minimum Gasteiger partial charge on any atom is -0.496 e. The number of hydrogen-bond acceptors (Lipinski definition) is 2. The van der Waals surface area contributed by atoms with E-state index in [0.29, 0.717) is 0 Å². The van der Waals surface area contributed by atoms with Crippen LogP contribution >= 0.6 is 15.9 Å². The topological polar surface area (TPSA) is 29.5 Å². The number of aliphatic hydroxyl groups is 1. The van der Waals surface area contributed by atoms with Crippen molar-refractivity contribution in [2.24, 2.45) is 0 Å². The Bertz CT molecular complexity index is 383. The molecule has 0 bridgehead atoms. The summed E-state index contributed by atoms with van der Waals surface area (Å²) in [6.45, 7) is 2.09. The zero-order chi connectivity index (χ0) is 11.1. The lowest BCUT2D eigenvalue weighted by Gasteiger charge is -2.14. The molecule has 1 N–H and O–H groups in total. The zero-order valence-electron chi connectivity index (χ0n) is 9.01. The molecule has 1 saturated carbocycles. The van der Waals surface area contributed by atoms with Gasteiger partial charge in [-0.05, 0) is 37.0 Å². The maximum atomic E-state index is 10.0. The fraction of sp³-hybridized carbons (Fsp3) is 0.500. The first-order chi connectivity index (χ1) is 7.10. The lowest BCUT2D eigenvalue weighted by molar-refractivity contribution is 0.151. The largest absolute Gasteiger partial charge is 0.496 e. The van der Waals surface area contributed by atoms with Crippen LogP contribution in [0, 0.1) is 0 Å². The maximum Gasteiger partial charge on any atom is 0.123 e. The van der Waals surface area contributed by atoms with Gasteiger partial charge in [0.15, 0.2) is 0 Å². The SMILES string of the molecule is CCc1c(Br)cc(C2(O)CC2)cc1OC. The Balaban J connectivity index is 2.48. The number of ether oxygens (including phenoxy) is 1. The van der Waals surface area contributed by atoms with E-state index in [4.69, 9.17) is 4.74 Å². The molecule has 0 unspecified atom stereocenters. The highest BCUT2D eigenvalue weighted by molar-refractivity contribution is 9.10. The van der Waals surface area contributed by atoms with Crippen molar-refractivity contribution < 1.29 is 9.84 Å². The van der Waals surface area contributed by atoms with Gasteiger partial charge in [-0.2, -0.15) is 0 Å². The summed E-state index contributed by atoms with van der Waals surface area (Å²) in [5.74, 6) is 0.863. The van der Waals surface area contributed by atoms with E-state index in [1.54, 1.807) is 7.11 Å². The van der Waals surface area contributed by atoms with Gasteiger partial charge in [0.1, 0.15) is 5.75 Å². The number of benzene rings is 1. The van der Waals surface area contributed by atoms with Gasteiger partial charge >= 0.3 is 0 Å². The Morgan fingerprint density at radius 1 is 1.47 bits per heavy atom. The molecule has 1 aliphatic carbocycles. The summed E-state index contributed by atoms with van der Waals surface area (Å²) in [7, 11) is 1.67. The standard InChI is InChI=1S/C12H15BrO2/c1-3-9-10(13)6-8(7-11(9)15-2)12(14)4-5-12/h6-7,14H,3-5H2,1-2H3. The third-order valence-corrected chi connectivity index (χ3v) is 3.70. The first-order valence-corrected chi connectivity index (χ1v) is 5.99. The van der Waals surface area contributed by atoms with E-state index < -0.39 is 5.60 Å². The molecule has 3 heteroatoms. The molecule has 0 atom stereocenters. The van der Waals surface area contributed by atoms with Gasteiger partial charge in [0.2, 0.25) is 0 Å². The molecule has 0 aliphatic heterocycles. The summed E-state index contributed by atoms with van der Waals surface area (Å²) in [6.07, 6.45) is 2.63. The molecule has 2 nitrogen and oxygen atoms in total. The number of methoxy groups -OCH3 is 1. The summed E-state index contributed by atoms with van der Waals surface area (Å²) >= 11 is 3.53. The van der Waals surface area contributed by atoms with Gasteiger partial charge in [-0.1, -0.05) is 22.9 Å². The molecular weight excluding hydrogens is 256 g/mol. The van der Waals surface area contributed by atoms with E-state index in [1.807, 2.05) is 12.1 Å². The van der Waals surface area contributed by atoms with Gasteiger partial charge in [-0.15, -0.1) is 0 Å². The van der Waals surface area contributed by atoms with Crippen LogP contribution in [0.3, 0.4) is 0 Å². The van der Waals surface area contributed by atoms with Crippen molar-refractivity contribution in [3.8, 4) is 5.75 Å². The fourth-order valence-electron chi connectivity index (χ4n) is 1.81. The molecule has 1 aromatic carbocycles. The molecule has 15 heavy (non-hydrogen) atoms. The molecule has 0 heterocycles. The molecule has 1 aliphatic rings. The van der Waals surface area contributed by atoms with Gasteiger partial charge in [0.05, 0.1) is 12.7 Å². The van der Waals surface area contributed by atoms with E-state index >= 15 is 0 Å². The summed E-state index contributed by atoms with van der Waals surface area (Å²) in [5, 5.41) is 10.0. The minimum atomic E-state index is -0.595. The Morgan fingerprint density at radius 3 is 2.60 bits per heavy atom. The first-order valence-electron chi connectivity index (χ1n) is 5.20. The van der Waals surface area contributed by atoms with Gasteiger partial charge < -0.3 is 9.84 Å². The highest BCUT2D eigenvalue weighted by atomic mass is 79.9. The van der Waals surface area contributed by atoms with Gasteiger partial charge in [0, 0.05) is 10.0 Å². The monoisotopic (exact) mass is 270 g/mol. The molecule has 0 saturated heterocycles. The van der Waals surface area contributed by atoms with Crippen LogP contribution in [0.1, 0.15) is 30.9 Å². The first kappa shape index (κ1) is 11.0. The number of rotatable bonds is 3. The zero-order valence-corrected chi connectivity index (χ0v) is 10.6. The van der Waals surface area contributed by atoms with Crippen molar-refractivity contribution >= 4 is 15.9 Å². The number of halogens is 1. The third kappa shape index (κ3) is 1.91. The molecule has 0 radical (unpaired) electrons. The molecule has 0 amide bonds. The lowest BCUT2D eigenvalue weighted by Crippen LogP contribution is -2.05. The molecular formula is C12H15BrO2. The maximum absolute atomic E-state index is 10.0. The van der Waals surface area contributed by atoms with Crippen molar-refractivity contribution in [1.29, 1.82) is 0 Å². The van der Waals surface area contributed by atoms with E-state index in [9.17, 15) is 5.11 Å². The van der Waals surface area contributed by atoms with E-state index in [1.165, 1.54) is 0 Å². The Labute approximate surface area is 98.4 Å². The van der Waals surface area contributed by atoms with Crippen LogP contribution in [-0.4, -0.2) is 12.2 Å². The number of hydrogen-bond donors (Lipinski definition) is 1. The molecule has 1 aromatic rings. The van der Waals surface area contributed by atoms with E-state index in [-0.39, 0.29) is 0 Å².